The maximum atomic E-state index is 13.1. The Kier molecular flexibility index (Phi) is 5.38. The van der Waals surface area contributed by atoms with Gasteiger partial charge in [-0.25, -0.2) is 14.4 Å². The highest BCUT2D eigenvalue weighted by molar-refractivity contribution is 5.93. The number of hydrogen-bond acceptors (Lipinski definition) is 6. The van der Waals surface area contributed by atoms with Crippen molar-refractivity contribution >= 4 is 17.5 Å². The Hall–Kier alpha value is -2.74. The molecule has 0 N–H and O–H groups in total. The number of carbonyl (C=O) groups excluding carboxylic acids is 1. The van der Waals surface area contributed by atoms with Gasteiger partial charge in [0.1, 0.15) is 11.5 Å². The van der Waals surface area contributed by atoms with E-state index in [2.05, 4.69) is 19.8 Å². The Morgan fingerprint density at radius 2 is 1.64 bits per heavy atom. The maximum absolute atomic E-state index is 13.1. The van der Waals surface area contributed by atoms with Crippen LogP contribution in [0.5, 0.6) is 0 Å². The fourth-order valence-corrected chi connectivity index (χ4v) is 3.55. The summed E-state index contributed by atoms with van der Waals surface area (Å²) < 4.78 is 18.5. The molecular formula is C20H24FN5O2. The number of anilines is 2. The lowest BCUT2D eigenvalue weighted by Crippen LogP contribution is -2.49. The van der Waals surface area contributed by atoms with Gasteiger partial charge in [-0.15, -0.1) is 0 Å². The molecule has 1 amide bonds. The van der Waals surface area contributed by atoms with Gasteiger partial charge in [0, 0.05) is 50.6 Å². The third-order valence-electron chi connectivity index (χ3n) is 5.11. The molecule has 0 aliphatic carbocycles. The monoisotopic (exact) mass is 385 g/mol. The number of morpholine rings is 1. The summed E-state index contributed by atoms with van der Waals surface area (Å²) in [5.41, 5.74) is 2.19. The average Bonchev–Trinajstić information content (AvgIpc) is 2.74. The molecule has 3 heterocycles. The van der Waals surface area contributed by atoms with Crippen LogP contribution < -0.4 is 9.80 Å². The molecule has 0 saturated carbocycles. The Morgan fingerprint density at radius 1 is 0.964 bits per heavy atom. The third-order valence-corrected chi connectivity index (χ3v) is 5.11. The number of benzene rings is 1. The number of halogens is 1. The maximum Gasteiger partial charge on any atom is 0.272 e. The molecule has 2 saturated heterocycles. The van der Waals surface area contributed by atoms with Crippen LogP contribution in [0.1, 0.15) is 16.2 Å². The summed E-state index contributed by atoms with van der Waals surface area (Å²) in [6, 6.07) is 8.22. The first-order valence-electron chi connectivity index (χ1n) is 9.58. The summed E-state index contributed by atoms with van der Waals surface area (Å²) in [6.45, 7) is 7.25. The second kappa shape index (κ2) is 8.10. The van der Waals surface area contributed by atoms with Crippen LogP contribution >= 0.6 is 0 Å². The van der Waals surface area contributed by atoms with Crippen LogP contribution in [-0.4, -0.2) is 73.3 Å². The predicted octanol–water partition coefficient (Wildman–Crippen LogP) is 1.72. The fourth-order valence-electron chi connectivity index (χ4n) is 3.55. The van der Waals surface area contributed by atoms with Gasteiger partial charge in [0.15, 0.2) is 0 Å². The smallest absolute Gasteiger partial charge is 0.272 e. The summed E-state index contributed by atoms with van der Waals surface area (Å²) in [5.74, 6) is 0.281. The van der Waals surface area contributed by atoms with Gasteiger partial charge in [0.25, 0.3) is 5.91 Å². The average molecular weight is 385 g/mol. The summed E-state index contributed by atoms with van der Waals surface area (Å²) in [5, 5.41) is 0. The highest BCUT2D eigenvalue weighted by Crippen LogP contribution is 2.19. The van der Waals surface area contributed by atoms with Crippen LogP contribution in [0.2, 0.25) is 0 Å². The Morgan fingerprint density at radius 3 is 2.32 bits per heavy atom. The molecule has 2 aromatic rings. The minimum absolute atomic E-state index is 0.0706. The molecular weight excluding hydrogens is 361 g/mol. The zero-order valence-electron chi connectivity index (χ0n) is 16.0. The number of aryl methyl sites for hydroxylation is 1. The van der Waals surface area contributed by atoms with Gasteiger partial charge < -0.3 is 19.4 Å². The van der Waals surface area contributed by atoms with Crippen molar-refractivity contribution in [2.24, 2.45) is 0 Å². The lowest BCUT2D eigenvalue weighted by atomic mass is 10.2. The summed E-state index contributed by atoms with van der Waals surface area (Å²) in [4.78, 5) is 28.1. The zero-order valence-corrected chi connectivity index (χ0v) is 16.0. The van der Waals surface area contributed by atoms with Gasteiger partial charge in [-0.2, -0.15) is 0 Å². The number of aromatic nitrogens is 2. The predicted molar refractivity (Wildman–Crippen MR) is 104 cm³/mol. The van der Waals surface area contributed by atoms with E-state index in [1.807, 2.05) is 11.8 Å². The van der Waals surface area contributed by atoms with Crippen molar-refractivity contribution in [1.82, 2.24) is 14.9 Å². The van der Waals surface area contributed by atoms with Gasteiger partial charge in [-0.1, -0.05) is 0 Å². The molecule has 1 aromatic heterocycles. The van der Waals surface area contributed by atoms with E-state index in [0.29, 0.717) is 51.0 Å². The molecule has 1 aromatic carbocycles. The van der Waals surface area contributed by atoms with Crippen molar-refractivity contribution in [3.8, 4) is 0 Å². The van der Waals surface area contributed by atoms with Crippen LogP contribution in [0.4, 0.5) is 16.0 Å². The van der Waals surface area contributed by atoms with E-state index in [-0.39, 0.29) is 11.7 Å². The number of ether oxygens (including phenoxy) is 1. The molecule has 0 unspecified atom stereocenters. The lowest BCUT2D eigenvalue weighted by molar-refractivity contribution is 0.0740. The van der Waals surface area contributed by atoms with Gasteiger partial charge in [0.05, 0.1) is 13.2 Å². The highest BCUT2D eigenvalue weighted by atomic mass is 19.1. The number of amides is 1. The van der Waals surface area contributed by atoms with Crippen LogP contribution in [0.3, 0.4) is 0 Å². The molecule has 0 radical (unpaired) electrons. The first-order valence-corrected chi connectivity index (χ1v) is 9.58. The Bertz CT molecular complexity index is 831. The van der Waals surface area contributed by atoms with E-state index in [9.17, 15) is 9.18 Å². The minimum atomic E-state index is -0.243. The van der Waals surface area contributed by atoms with E-state index in [1.165, 1.54) is 12.1 Å². The van der Waals surface area contributed by atoms with Crippen molar-refractivity contribution < 1.29 is 13.9 Å². The molecule has 0 spiro atoms. The van der Waals surface area contributed by atoms with Crippen molar-refractivity contribution in [1.29, 1.82) is 0 Å². The molecule has 4 rings (SSSR count). The lowest BCUT2D eigenvalue weighted by Gasteiger charge is -2.36. The molecule has 0 bridgehead atoms. The molecule has 2 fully saturated rings. The van der Waals surface area contributed by atoms with Gasteiger partial charge in [0.2, 0.25) is 5.95 Å². The van der Waals surface area contributed by atoms with E-state index < -0.39 is 0 Å². The topological polar surface area (TPSA) is 61.8 Å². The molecule has 2 aliphatic heterocycles. The number of carbonyl (C=O) groups is 1. The van der Waals surface area contributed by atoms with Crippen LogP contribution in [0.25, 0.3) is 0 Å². The van der Waals surface area contributed by atoms with Crippen LogP contribution in [-0.2, 0) is 4.74 Å². The van der Waals surface area contributed by atoms with E-state index in [1.54, 1.807) is 18.2 Å². The zero-order chi connectivity index (χ0) is 19.5. The summed E-state index contributed by atoms with van der Waals surface area (Å²) >= 11 is 0. The van der Waals surface area contributed by atoms with E-state index >= 15 is 0 Å². The van der Waals surface area contributed by atoms with Crippen molar-refractivity contribution in [3.63, 3.8) is 0 Å². The first-order chi connectivity index (χ1) is 13.6. The van der Waals surface area contributed by atoms with Crippen molar-refractivity contribution in [2.45, 2.75) is 6.92 Å². The molecule has 2 aliphatic rings. The second-order valence-electron chi connectivity index (χ2n) is 7.05. The van der Waals surface area contributed by atoms with E-state index in [4.69, 9.17) is 4.74 Å². The van der Waals surface area contributed by atoms with Crippen LogP contribution in [0, 0.1) is 12.7 Å². The number of nitrogens with zero attached hydrogens (tertiary/aromatic N) is 5. The van der Waals surface area contributed by atoms with Gasteiger partial charge in [-0.3, -0.25) is 4.79 Å². The third kappa shape index (κ3) is 4.06. The number of rotatable bonds is 3. The summed E-state index contributed by atoms with van der Waals surface area (Å²) in [6.07, 6.45) is 0. The number of hydrogen-bond donors (Lipinski definition) is 0. The molecule has 148 valence electrons. The van der Waals surface area contributed by atoms with Gasteiger partial charge >= 0.3 is 0 Å². The van der Waals surface area contributed by atoms with Crippen molar-refractivity contribution in [3.05, 3.63) is 47.5 Å². The van der Waals surface area contributed by atoms with Gasteiger partial charge in [-0.05, 0) is 37.3 Å². The molecule has 8 heteroatoms. The van der Waals surface area contributed by atoms with E-state index in [0.717, 1.165) is 24.5 Å². The van der Waals surface area contributed by atoms with Crippen LogP contribution in [0.15, 0.2) is 30.3 Å². The molecule has 28 heavy (non-hydrogen) atoms. The molecule has 0 atom stereocenters. The molecule has 7 nitrogen and oxygen atoms in total. The quantitative estimate of drug-likeness (QED) is 0.802. The SMILES string of the molecule is Cc1cc(C(=O)N2CCN(c3ccc(F)cc3)CC2)nc(N2CCOCC2)n1. The minimum Gasteiger partial charge on any atom is -0.378 e. The van der Waals surface area contributed by atoms with Crippen molar-refractivity contribution in [2.75, 3.05) is 62.3 Å². The fraction of sp³-hybridized carbons (Fsp3) is 0.450. The largest absolute Gasteiger partial charge is 0.378 e. The summed E-state index contributed by atoms with van der Waals surface area (Å²) in [7, 11) is 0. The first kappa shape index (κ1) is 18.6. The Labute approximate surface area is 163 Å². The second-order valence-corrected chi connectivity index (χ2v) is 7.05. The normalized spacial score (nSPS) is 17.7. The standard InChI is InChI=1S/C20H24FN5O2/c1-15-14-18(23-20(22-15)26-10-12-28-13-11-26)19(27)25-8-6-24(7-9-25)17-4-2-16(21)3-5-17/h2-5,14H,6-13H2,1H3. The highest BCUT2D eigenvalue weighted by Gasteiger charge is 2.25. The number of piperazine rings is 1. The Balaban J connectivity index is 1.43.